The van der Waals surface area contributed by atoms with E-state index >= 15 is 0 Å². The number of esters is 1. The van der Waals surface area contributed by atoms with Crippen LogP contribution in [0.15, 0.2) is 46.0 Å². The van der Waals surface area contributed by atoms with E-state index in [0.29, 0.717) is 15.8 Å². The van der Waals surface area contributed by atoms with Gasteiger partial charge in [-0.15, -0.1) is 11.3 Å². The van der Waals surface area contributed by atoms with Gasteiger partial charge in [-0.1, -0.05) is 30.3 Å². The van der Waals surface area contributed by atoms with Crippen LogP contribution in [0.3, 0.4) is 0 Å². The second-order valence-corrected chi connectivity index (χ2v) is 6.30. The maximum Gasteiger partial charge on any atom is 0.333 e. The highest BCUT2D eigenvalue weighted by Crippen LogP contribution is 2.21. The SMILES string of the molecule is COC(=O)C(c1ccccc1)n1c(=O)[nH]c2sc(C)cc2c1=O. The average molecular weight is 330 g/mol. The highest BCUT2D eigenvalue weighted by atomic mass is 32.1. The van der Waals surface area contributed by atoms with Gasteiger partial charge in [0.2, 0.25) is 0 Å². The Kier molecular flexibility index (Phi) is 3.87. The Balaban J connectivity index is 2.33. The van der Waals surface area contributed by atoms with Crippen LogP contribution in [0.2, 0.25) is 0 Å². The molecule has 0 aliphatic carbocycles. The first kappa shape index (κ1) is 15.2. The minimum absolute atomic E-state index is 0.386. The van der Waals surface area contributed by atoms with Crippen molar-refractivity contribution in [1.29, 1.82) is 0 Å². The normalized spacial score (nSPS) is 12.3. The zero-order valence-electron chi connectivity index (χ0n) is 12.5. The molecule has 0 aliphatic rings. The van der Waals surface area contributed by atoms with Crippen molar-refractivity contribution in [3.8, 4) is 0 Å². The lowest BCUT2D eigenvalue weighted by molar-refractivity contribution is -0.143. The number of nitrogens with zero attached hydrogens (tertiary/aromatic N) is 1. The summed E-state index contributed by atoms with van der Waals surface area (Å²) in [6, 6.07) is 9.19. The predicted octanol–water partition coefficient (Wildman–Crippen LogP) is 1.82. The molecular formula is C16H14N2O4S. The molecule has 0 spiro atoms. The predicted molar refractivity (Wildman–Crippen MR) is 88.0 cm³/mol. The number of hydrogen-bond donors (Lipinski definition) is 1. The summed E-state index contributed by atoms with van der Waals surface area (Å²) in [5, 5.41) is 0.386. The number of carbonyl (C=O) groups excluding carboxylic acids is 1. The maximum atomic E-state index is 12.7. The summed E-state index contributed by atoms with van der Waals surface area (Å²) in [7, 11) is 1.23. The van der Waals surface area contributed by atoms with Crippen LogP contribution < -0.4 is 11.2 Å². The number of fused-ring (bicyclic) bond motifs is 1. The Morgan fingerprint density at radius 3 is 2.61 bits per heavy atom. The number of aromatic amines is 1. The van der Waals surface area contributed by atoms with Crippen LogP contribution >= 0.6 is 11.3 Å². The minimum Gasteiger partial charge on any atom is -0.467 e. The van der Waals surface area contributed by atoms with E-state index in [1.54, 1.807) is 36.4 Å². The van der Waals surface area contributed by atoms with Crippen molar-refractivity contribution in [3.63, 3.8) is 0 Å². The molecule has 0 bridgehead atoms. The van der Waals surface area contributed by atoms with Crippen molar-refractivity contribution in [2.24, 2.45) is 0 Å². The molecule has 3 rings (SSSR count). The van der Waals surface area contributed by atoms with Gasteiger partial charge < -0.3 is 4.74 Å². The van der Waals surface area contributed by atoms with Gasteiger partial charge in [-0.05, 0) is 18.6 Å². The minimum atomic E-state index is -1.12. The molecule has 2 aromatic heterocycles. The van der Waals surface area contributed by atoms with E-state index in [-0.39, 0.29) is 0 Å². The summed E-state index contributed by atoms with van der Waals surface area (Å²) in [4.78, 5) is 41.4. The molecule has 3 aromatic rings. The Hall–Kier alpha value is -2.67. The molecule has 2 heterocycles. The summed E-state index contributed by atoms with van der Waals surface area (Å²) in [5.41, 5.74) is -0.630. The van der Waals surface area contributed by atoms with Gasteiger partial charge in [0.05, 0.1) is 12.5 Å². The monoisotopic (exact) mass is 330 g/mol. The quantitative estimate of drug-likeness (QED) is 0.743. The van der Waals surface area contributed by atoms with Crippen molar-refractivity contribution in [1.82, 2.24) is 9.55 Å². The topological polar surface area (TPSA) is 81.2 Å². The lowest BCUT2D eigenvalue weighted by Gasteiger charge is -2.16. The number of carbonyl (C=O) groups is 1. The fourth-order valence-electron chi connectivity index (χ4n) is 2.52. The standard InChI is InChI=1S/C16H14N2O4S/c1-9-8-11-13(23-9)17-16(21)18(14(11)19)12(15(20)22-2)10-6-4-3-5-7-10/h3-8,12H,1-2H3,(H,17,21). The van der Waals surface area contributed by atoms with E-state index in [1.165, 1.54) is 18.4 Å². The number of nitrogens with one attached hydrogen (secondary N) is 1. The van der Waals surface area contributed by atoms with Crippen molar-refractivity contribution < 1.29 is 9.53 Å². The zero-order chi connectivity index (χ0) is 16.6. The van der Waals surface area contributed by atoms with Crippen LogP contribution in [0.4, 0.5) is 0 Å². The molecule has 0 radical (unpaired) electrons. The number of rotatable bonds is 3. The van der Waals surface area contributed by atoms with Gasteiger partial charge in [-0.25, -0.2) is 14.2 Å². The molecule has 0 aliphatic heterocycles. The largest absolute Gasteiger partial charge is 0.467 e. The summed E-state index contributed by atoms with van der Waals surface area (Å²) in [6.45, 7) is 1.85. The van der Waals surface area contributed by atoms with E-state index < -0.39 is 23.3 Å². The molecule has 1 unspecified atom stereocenters. The van der Waals surface area contributed by atoms with Gasteiger partial charge in [0.25, 0.3) is 5.56 Å². The van der Waals surface area contributed by atoms with E-state index in [2.05, 4.69) is 4.98 Å². The van der Waals surface area contributed by atoms with E-state index in [9.17, 15) is 14.4 Å². The van der Waals surface area contributed by atoms with Crippen LogP contribution in [0, 0.1) is 6.92 Å². The van der Waals surface area contributed by atoms with Crippen LogP contribution in [0.5, 0.6) is 0 Å². The van der Waals surface area contributed by atoms with E-state index in [0.717, 1.165) is 9.44 Å². The maximum absolute atomic E-state index is 12.7. The van der Waals surface area contributed by atoms with Crippen LogP contribution in [0.25, 0.3) is 10.2 Å². The molecule has 6 nitrogen and oxygen atoms in total. The number of thiophene rings is 1. The van der Waals surface area contributed by atoms with Gasteiger partial charge in [-0.3, -0.25) is 9.78 Å². The number of H-pyrrole nitrogens is 1. The highest BCUT2D eigenvalue weighted by molar-refractivity contribution is 7.18. The van der Waals surface area contributed by atoms with Crippen molar-refractivity contribution >= 4 is 27.5 Å². The molecule has 23 heavy (non-hydrogen) atoms. The average Bonchev–Trinajstić information content (AvgIpc) is 2.92. The molecule has 0 saturated heterocycles. The van der Waals surface area contributed by atoms with Crippen molar-refractivity contribution in [2.75, 3.05) is 7.11 Å². The molecule has 0 amide bonds. The first-order chi connectivity index (χ1) is 11.0. The summed E-state index contributed by atoms with van der Waals surface area (Å²) >= 11 is 1.33. The molecule has 1 atom stereocenters. The van der Waals surface area contributed by atoms with Gasteiger partial charge in [0.1, 0.15) is 4.83 Å². The number of methoxy groups -OCH3 is 1. The fraction of sp³-hybridized carbons (Fsp3) is 0.188. The zero-order valence-corrected chi connectivity index (χ0v) is 13.3. The third-order valence-electron chi connectivity index (χ3n) is 3.54. The summed E-state index contributed by atoms with van der Waals surface area (Å²) < 4.78 is 5.71. The Bertz CT molecular complexity index is 985. The molecular weight excluding hydrogens is 316 g/mol. The third kappa shape index (κ3) is 2.59. The van der Waals surface area contributed by atoms with Crippen LogP contribution in [-0.4, -0.2) is 22.6 Å². The highest BCUT2D eigenvalue weighted by Gasteiger charge is 2.27. The second-order valence-electron chi connectivity index (χ2n) is 5.04. The van der Waals surface area contributed by atoms with Crippen LogP contribution in [0.1, 0.15) is 16.5 Å². The fourth-order valence-corrected chi connectivity index (χ4v) is 3.41. The van der Waals surface area contributed by atoms with Gasteiger partial charge in [0, 0.05) is 4.88 Å². The Labute approximate surface area is 135 Å². The first-order valence-electron chi connectivity index (χ1n) is 6.90. The Morgan fingerprint density at radius 1 is 1.26 bits per heavy atom. The van der Waals surface area contributed by atoms with Crippen LogP contribution in [-0.2, 0) is 9.53 Å². The molecule has 0 fully saturated rings. The first-order valence-corrected chi connectivity index (χ1v) is 7.72. The molecule has 7 heteroatoms. The lowest BCUT2D eigenvalue weighted by Crippen LogP contribution is -2.41. The lowest BCUT2D eigenvalue weighted by atomic mass is 10.1. The third-order valence-corrected chi connectivity index (χ3v) is 4.51. The molecule has 0 saturated carbocycles. The molecule has 118 valence electrons. The van der Waals surface area contributed by atoms with E-state index in [4.69, 9.17) is 4.74 Å². The number of ether oxygens (including phenoxy) is 1. The molecule has 1 N–H and O–H groups in total. The number of hydrogen-bond acceptors (Lipinski definition) is 5. The van der Waals surface area contributed by atoms with Gasteiger partial charge in [-0.2, -0.15) is 0 Å². The van der Waals surface area contributed by atoms with Gasteiger partial charge in [0.15, 0.2) is 6.04 Å². The van der Waals surface area contributed by atoms with Crippen molar-refractivity contribution in [3.05, 3.63) is 67.7 Å². The van der Waals surface area contributed by atoms with Crippen molar-refractivity contribution in [2.45, 2.75) is 13.0 Å². The van der Waals surface area contributed by atoms with Gasteiger partial charge >= 0.3 is 11.7 Å². The summed E-state index contributed by atoms with van der Waals surface area (Å²) in [6.07, 6.45) is 0. The van der Waals surface area contributed by atoms with E-state index in [1.807, 2.05) is 6.92 Å². The number of aryl methyl sites for hydroxylation is 1. The number of aromatic nitrogens is 2. The second kappa shape index (κ2) is 5.85. The smallest absolute Gasteiger partial charge is 0.333 e. The molecule has 1 aromatic carbocycles. The number of benzene rings is 1. The Morgan fingerprint density at radius 2 is 1.96 bits per heavy atom. The summed E-state index contributed by atoms with van der Waals surface area (Å²) in [5.74, 6) is -0.671.